The molecular weight excluding hydrogens is 361 g/mol. The third kappa shape index (κ3) is 3.29. The van der Waals surface area contributed by atoms with Crippen molar-refractivity contribution < 1.29 is 14.6 Å². The van der Waals surface area contributed by atoms with E-state index in [0.29, 0.717) is 4.57 Å². The summed E-state index contributed by atoms with van der Waals surface area (Å²) in [5.74, 6) is -1.32. The van der Waals surface area contributed by atoms with Gasteiger partial charge in [-0.1, -0.05) is 23.2 Å². The fraction of sp³-hybridized carbons (Fsp3) is 0.286. The van der Waals surface area contributed by atoms with E-state index in [4.69, 9.17) is 33.0 Å². The summed E-state index contributed by atoms with van der Waals surface area (Å²) in [7, 11) is 1.14. The monoisotopic (exact) mass is 373 g/mol. The quantitative estimate of drug-likeness (QED) is 0.874. The van der Waals surface area contributed by atoms with Gasteiger partial charge in [-0.2, -0.15) is 9.78 Å². The molecule has 2 rings (SSSR count). The largest absolute Gasteiger partial charge is 0.489 e. The molecule has 0 amide bonds. The van der Waals surface area contributed by atoms with Gasteiger partial charge in [-0.25, -0.2) is 9.59 Å². The Labute approximate surface area is 145 Å². The van der Waals surface area contributed by atoms with E-state index in [1.807, 2.05) is 0 Å². The van der Waals surface area contributed by atoms with E-state index in [1.165, 1.54) is 12.1 Å². The number of halogens is 2. The number of hydrogen-bond donors (Lipinski definition) is 1. The van der Waals surface area contributed by atoms with Gasteiger partial charge in [0.1, 0.15) is 5.75 Å². The lowest BCUT2D eigenvalue weighted by atomic mass is 10.3. The fourth-order valence-electron chi connectivity index (χ4n) is 1.89. The molecule has 1 aromatic carbocycles. The highest BCUT2D eigenvalue weighted by Gasteiger charge is 2.20. The maximum Gasteiger partial charge on any atom is 0.362 e. The molecule has 2 aromatic rings. The van der Waals surface area contributed by atoms with Crippen LogP contribution in [0.2, 0.25) is 10.0 Å². The summed E-state index contributed by atoms with van der Waals surface area (Å²) in [6.07, 6.45) is -0.198. The highest BCUT2D eigenvalue weighted by atomic mass is 35.5. The van der Waals surface area contributed by atoms with Gasteiger partial charge in [0.2, 0.25) is 5.69 Å². The molecule has 1 N–H and O–H groups in total. The summed E-state index contributed by atoms with van der Waals surface area (Å²) in [5, 5.41) is 12.9. The van der Waals surface area contributed by atoms with E-state index < -0.39 is 22.9 Å². The number of ether oxygens (including phenoxy) is 1. The molecule has 0 unspecified atom stereocenters. The summed E-state index contributed by atoms with van der Waals surface area (Å²) in [5.41, 5.74) is -2.65. The Bertz CT molecular complexity index is 933. The van der Waals surface area contributed by atoms with Crippen LogP contribution in [-0.2, 0) is 7.05 Å². The van der Waals surface area contributed by atoms with Crippen LogP contribution >= 0.6 is 23.2 Å². The van der Waals surface area contributed by atoms with E-state index in [-0.39, 0.29) is 27.6 Å². The highest BCUT2D eigenvalue weighted by molar-refractivity contribution is 6.36. The lowest BCUT2D eigenvalue weighted by Crippen LogP contribution is -2.42. The number of carboxylic acids is 1. The maximum absolute atomic E-state index is 12.3. The zero-order valence-corrected chi connectivity index (χ0v) is 14.4. The first-order chi connectivity index (χ1) is 11.1. The minimum absolute atomic E-state index is 0.0415. The third-order valence-electron chi connectivity index (χ3n) is 2.97. The standard InChI is InChI=1S/C14H13Cl2N3O5/c1-6(2)24-10-5-9(7(15)4-8(10)16)19-14(23)18(3)12(20)11(17-19)13(21)22/h4-6H,1-3H3,(H,21,22). The summed E-state index contributed by atoms with van der Waals surface area (Å²) in [6, 6.07) is 2.70. The normalized spacial score (nSPS) is 10.9. The minimum Gasteiger partial charge on any atom is -0.489 e. The van der Waals surface area contributed by atoms with Crippen molar-refractivity contribution in [2.75, 3.05) is 0 Å². The Morgan fingerprint density at radius 1 is 1.25 bits per heavy atom. The molecule has 0 bridgehead atoms. The molecule has 8 nitrogen and oxygen atoms in total. The van der Waals surface area contributed by atoms with Gasteiger partial charge in [0.15, 0.2) is 0 Å². The van der Waals surface area contributed by atoms with Crippen molar-refractivity contribution >= 4 is 29.2 Å². The Hall–Kier alpha value is -2.32. The van der Waals surface area contributed by atoms with Crippen molar-refractivity contribution in [2.24, 2.45) is 7.05 Å². The molecule has 0 aliphatic carbocycles. The summed E-state index contributed by atoms with van der Waals surface area (Å²) < 4.78 is 6.86. The van der Waals surface area contributed by atoms with E-state index in [9.17, 15) is 14.4 Å². The first-order valence-corrected chi connectivity index (χ1v) is 7.48. The second-order valence-corrected chi connectivity index (χ2v) is 5.93. The second kappa shape index (κ2) is 6.66. The summed E-state index contributed by atoms with van der Waals surface area (Å²) in [4.78, 5) is 35.2. The first-order valence-electron chi connectivity index (χ1n) is 6.73. The van der Waals surface area contributed by atoms with Gasteiger partial charge in [0.25, 0.3) is 5.56 Å². The Morgan fingerprint density at radius 2 is 1.88 bits per heavy atom. The van der Waals surface area contributed by atoms with Gasteiger partial charge in [0.05, 0.1) is 21.8 Å². The molecule has 0 aliphatic heterocycles. The van der Waals surface area contributed by atoms with Gasteiger partial charge in [0, 0.05) is 13.1 Å². The molecule has 0 atom stereocenters. The van der Waals surface area contributed by atoms with Gasteiger partial charge in [-0.3, -0.25) is 9.36 Å². The fourth-order valence-corrected chi connectivity index (χ4v) is 2.40. The number of rotatable bonds is 4. The Balaban J connectivity index is 2.79. The highest BCUT2D eigenvalue weighted by Crippen LogP contribution is 2.33. The zero-order chi connectivity index (χ0) is 18.2. The van der Waals surface area contributed by atoms with Crippen molar-refractivity contribution in [3.8, 4) is 11.4 Å². The minimum atomic E-state index is -1.56. The van der Waals surface area contributed by atoms with Crippen LogP contribution in [0.4, 0.5) is 0 Å². The molecule has 0 spiro atoms. The first kappa shape index (κ1) is 18.0. The van der Waals surface area contributed by atoms with Crippen molar-refractivity contribution in [3.63, 3.8) is 0 Å². The van der Waals surface area contributed by atoms with E-state index in [0.717, 1.165) is 11.7 Å². The maximum atomic E-state index is 12.3. The molecule has 10 heteroatoms. The van der Waals surface area contributed by atoms with Crippen molar-refractivity contribution in [2.45, 2.75) is 20.0 Å². The van der Waals surface area contributed by atoms with E-state index in [1.54, 1.807) is 13.8 Å². The lowest BCUT2D eigenvalue weighted by Gasteiger charge is -2.15. The van der Waals surface area contributed by atoms with Gasteiger partial charge in [-0.05, 0) is 19.9 Å². The number of aromatic nitrogens is 3. The average Bonchev–Trinajstić information content (AvgIpc) is 2.48. The third-order valence-corrected chi connectivity index (χ3v) is 3.57. The van der Waals surface area contributed by atoms with E-state index >= 15 is 0 Å². The molecular formula is C14H13Cl2N3O5. The van der Waals surface area contributed by atoms with Crippen LogP contribution in [0.3, 0.4) is 0 Å². The number of nitrogens with zero attached hydrogens (tertiary/aromatic N) is 3. The molecule has 1 aromatic heterocycles. The smallest absolute Gasteiger partial charge is 0.362 e. The summed E-state index contributed by atoms with van der Waals surface area (Å²) >= 11 is 12.1. The molecule has 128 valence electrons. The topological polar surface area (TPSA) is 103 Å². The van der Waals surface area contributed by atoms with Crippen LogP contribution in [0.15, 0.2) is 21.7 Å². The summed E-state index contributed by atoms with van der Waals surface area (Å²) in [6.45, 7) is 3.56. The lowest BCUT2D eigenvalue weighted by molar-refractivity contribution is 0.0684. The number of carbonyl (C=O) groups is 1. The van der Waals surface area contributed by atoms with Crippen molar-refractivity contribution in [1.29, 1.82) is 0 Å². The zero-order valence-electron chi connectivity index (χ0n) is 12.9. The molecule has 24 heavy (non-hydrogen) atoms. The van der Waals surface area contributed by atoms with Crippen LogP contribution in [-0.4, -0.2) is 31.5 Å². The molecule has 0 saturated heterocycles. The van der Waals surface area contributed by atoms with Crippen molar-refractivity contribution in [3.05, 3.63) is 48.7 Å². The molecule has 0 fully saturated rings. The second-order valence-electron chi connectivity index (χ2n) is 5.11. The van der Waals surface area contributed by atoms with Crippen LogP contribution in [0.5, 0.6) is 5.75 Å². The van der Waals surface area contributed by atoms with Crippen LogP contribution in [0.1, 0.15) is 24.3 Å². The van der Waals surface area contributed by atoms with E-state index in [2.05, 4.69) is 5.10 Å². The van der Waals surface area contributed by atoms with Crippen molar-refractivity contribution in [1.82, 2.24) is 14.3 Å². The van der Waals surface area contributed by atoms with Crippen LogP contribution < -0.4 is 16.0 Å². The van der Waals surface area contributed by atoms with Gasteiger partial charge in [-0.15, -0.1) is 0 Å². The molecule has 0 saturated carbocycles. The Morgan fingerprint density at radius 3 is 2.42 bits per heavy atom. The molecule has 1 heterocycles. The van der Waals surface area contributed by atoms with Gasteiger partial charge >= 0.3 is 11.7 Å². The number of aromatic carboxylic acids is 1. The number of hydrogen-bond acceptors (Lipinski definition) is 5. The average molecular weight is 374 g/mol. The predicted molar refractivity (Wildman–Crippen MR) is 87.8 cm³/mol. The van der Waals surface area contributed by atoms with Gasteiger partial charge < -0.3 is 9.84 Å². The van der Waals surface area contributed by atoms with Crippen LogP contribution in [0.25, 0.3) is 5.69 Å². The predicted octanol–water partition coefficient (Wildman–Crippen LogP) is 1.72. The van der Waals surface area contributed by atoms with Crippen LogP contribution in [0, 0.1) is 0 Å². The molecule has 0 radical (unpaired) electrons. The number of benzene rings is 1. The Kier molecular flexibility index (Phi) is 5.00. The SMILES string of the molecule is CC(C)Oc1cc(-n2nc(C(=O)O)c(=O)n(C)c2=O)c(Cl)cc1Cl. The number of carboxylic acid groups (broad SMARTS) is 1. The molecule has 0 aliphatic rings.